The largest absolute Gasteiger partial charge is 0.463 e. The van der Waals surface area contributed by atoms with Gasteiger partial charge in [-0.3, -0.25) is 9.59 Å². The van der Waals surface area contributed by atoms with E-state index in [0.29, 0.717) is 29.4 Å². The number of hydrogen-bond acceptors (Lipinski definition) is 3. The van der Waals surface area contributed by atoms with Crippen LogP contribution in [-0.4, -0.2) is 32.9 Å². The number of carbonyl (C=O) groups is 2. The van der Waals surface area contributed by atoms with Gasteiger partial charge in [0.15, 0.2) is 5.58 Å². The molecule has 0 saturated heterocycles. The summed E-state index contributed by atoms with van der Waals surface area (Å²) in [7, 11) is 0. The SMILES string of the molecule is C[C@@]1(C(=O)NC2CCCCCC2)Cn2c(cc3occc32)C(=O)N1Cc1cccc(Cl)c1. The van der Waals surface area contributed by atoms with Crippen LogP contribution in [0.2, 0.25) is 5.02 Å². The van der Waals surface area contributed by atoms with Crippen LogP contribution in [-0.2, 0) is 17.9 Å². The van der Waals surface area contributed by atoms with Crippen LogP contribution < -0.4 is 5.32 Å². The minimum atomic E-state index is -1.04. The average molecular weight is 454 g/mol. The molecule has 0 unspecified atom stereocenters. The molecule has 1 aromatic carbocycles. The first-order chi connectivity index (χ1) is 15.5. The first-order valence-corrected chi connectivity index (χ1v) is 11.8. The number of carbonyl (C=O) groups excluding carboxylic acids is 2. The second-order valence-corrected chi connectivity index (χ2v) is 9.68. The predicted molar refractivity (Wildman–Crippen MR) is 124 cm³/mol. The minimum Gasteiger partial charge on any atom is -0.463 e. The smallest absolute Gasteiger partial charge is 0.271 e. The lowest BCUT2D eigenvalue weighted by atomic mass is 9.93. The summed E-state index contributed by atoms with van der Waals surface area (Å²) in [5.41, 5.74) is 1.89. The maximum atomic E-state index is 13.8. The molecule has 168 valence electrons. The highest BCUT2D eigenvalue weighted by Gasteiger charge is 2.48. The van der Waals surface area contributed by atoms with E-state index in [0.717, 1.165) is 36.8 Å². The van der Waals surface area contributed by atoms with Gasteiger partial charge in [-0.1, -0.05) is 49.4 Å². The second kappa shape index (κ2) is 8.32. The zero-order valence-electron chi connectivity index (χ0n) is 18.3. The Kier molecular flexibility index (Phi) is 5.49. The van der Waals surface area contributed by atoms with Gasteiger partial charge in [-0.2, -0.15) is 0 Å². The second-order valence-electron chi connectivity index (χ2n) is 9.24. The van der Waals surface area contributed by atoms with Crippen LogP contribution in [0.5, 0.6) is 0 Å². The molecule has 0 radical (unpaired) electrons. The topological polar surface area (TPSA) is 67.5 Å². The number of amides is 2. The number of hydrogen-bond donors (Lipinski definition) is 1. The first-order valence-electron chi connectivity index (χ1n) is 11.4. The molecule has 5 rings (SSSR count). The van der Waals surface area contributed by atoms with Crippen molar-refractivity contribution in [1.29, 1.82) is 0 Å². The molecule has 1 saturated carbocycles. The Morgan fingerprint density at radius 1 is 1.19 bits per heavy atom. The summed E-state index contributed by atoms with van der Waals surface area (Å²) in [6.45, 7) is 2.55. The van der Waals surface area contributed by atoms with Crippen molar-refractivity contribution in [2.24, 2.45) is 0 Å². The molecule has 3 heterocycles. The average Bonchev–Trinajstić information content (AvgIpc) is 3.26. The highest BCUT2D eigenvalue weighted by molar-refractivity contribution is 6.30. The van der Waals surface area contributed by atoms with E-state index in [1.807, 2.05) is 35.8 Å². The molecule has 1 aliphatic heterocycles. The molecule has 2 aromatic heterocycles. The Labute approximate surface area is 192 Å². The summed E-state index contributed by atoms with van der Waals surface area (Å²) in [5.74, 6) is -0.281. The quantitative estimate of drug-likeness (QED) is 0.556. The third-order valence-corrected chi connectivity index (χ3v) is 7.19. The van der Waals surface area contributed by atoms with Crippen molar-refractivity contribution in [2.75, 3.05) is 0 Å². The van der Waals surface area contributed by atoms with Gasteiger partial charge in [-0.15, -0.1) is 0 Å². The standard InChI is InChI=1S/C25H28ClN3O3/c1-25(24(31)27-19-9-4-2-3-5-10-19)16-28-20-11-12-32-22(20)14-21(28)23(30)29(25)15-17-7-6-8-18(26)13-17/h6-8,11-14,19H,2-5,9-10,15-16H2,1H3,(H,27,31)/t25-/m0/s1. The normalized spacial score (nSPS) is 22.1. The van der Waals surface area contributed by atoms with Gasteiger partial charge in [0, 0.05) is 29.7 Å². The van der Waals surface area contributed by atoms with Gasteiger partial charge in [-0.05, 0) is 37.5 Å². The zero-order chi connectivity index (χ0) is 22.3. The molecule has 1 aliphatic carbocycles. The molecule has 7 heteroatoms. The van der Waals surface area contributed by atoms with Gasteiger partial charge < -0.3 is 19.2 Å². The maximum Gasteiger partial charge on any atom is 0.271 e. The van der Waals surface area contributed by atoms with Crippen LogP contribution >= 0.6 is 11.6 Å². The van der Waals surface area contributed by atoms with Crippen molar-refractivity contribution < 1.29 is 14.0 Å². The lowest BCUT2D eigenvalue weighted by molar-refractivity contribution is -0.134. The molecule has 0 spiro atoms. The molecule has 1 atom stereocenters. The van der Waals surface area contributed by atoms with E-state index < -0.39 is 5.54 Å². The van der Waals surface area contributed by atoms with Crippen molar-refractivity contribution in [2.45, 2.75) is 70.1 Å². The van der Waals surface area contributed by atoms with E-state index in [2.05, 4.69) is 5.32 Å². The van der Waals surface area contributed by atoms with E-state index in [1.54, 1.807) is 23.3 Å². The number of nitrogens with one attached hydrogen (secondary N) is 1. The zero-order valence-corrected chi connectivity index (χ0v) is 19.0. The van der Waals surface area contributed by atoms with Crippen LogP contribution in [0.4, 0.5) is 0 Å². The van der Waals surface area contributed by atoms with Crippen molar-refractivity contribution in [3.8, 4) is 0 Å². The van der Waals surface area contributed by atoms with E-state index in [1.165, 1.54) is 12.8 Å². The summed E-state index contributed by atoms with van der Waals surface area (Å²) in [6.07, 6.45) is 8.29. The fourth-order valence-electron chi connectivity index (χ4n) is 5.10. The van der Waals surface area contributed by atoms with Crippen molar-refractivity contribution in [1.82, 2.24) is 14.8 Å². The van der Waals surface area contributed by atoms with Gasteiger partial charge in [-0.25, -0.2) is 0 Å². The first kappa shape index (κ1) is 21.1. The molecule has 1 N–H and O–H groups in total. The highest BCUT2D eigenvalue weighted by Crippen LogP contribution is 2.34. The number of fused-ring (bicyclic) bond motifs is 3. The Morgan fingerprint density at radius 2 is 1.97 bits per heavy atom. The fraction of sp³-hybridized carbons (Fsp3) is 0.440. The van der Waals surface area contributed by atoms with E-state index in [4.69, 9.17) is 16.0 Å². The molecule has 2 aliphatic rings. The summed E-state index contributed by atoms with van der Waals surface area (Å²) in [6, 6.07) is 11.2. The molecule has 32 heavy (non-hydrogen) atoms. The Morgan fingerprint density at radius 3 is 2.72 bits per heavy atom. The molecular formula is C25H28ClN3O3. The van der Waals surface area contributed by atoms with Crippen molar-refractivity contribution >= 4 is 34.5 Å². The molecule has 1 fully saturated rings. The highest BCUT2D eigenvalue weighted by atomic mass is 35.5. The van der Waals surface area contributed by atoms with E-state index >= 15 is 0 Å². The van der Waals surface area contributed by atoms with Crippen LogP contribution in [0.3, 0.4) is 0 Å². The number of aromatic nitrogens is 1. The summed E-state index contributed by atoms with van der Waals surface area (Å²) < 4.78 is 7.46. The van der Waals surface area contributed by atoms with Crippen LogP contribution in [0, 0.1) is 0 Å². The molecular weight excluding hydrogens is 426 g/mol. The summed E-state index contributed by atoms with van der Waals surface area (Å²) >= 11 is 6.20. The van der Waals surface area contributed by atoms with Crippen LogP contribution in [0.15, 0.2) is 47.1 Å². The van der Waals surface area contributed by atoms with E-state index in [9.17, 15) is 9.59 Å². The fourth-order valence-corrected chi connectivity index (χ4v) is 5.32. The summed E-state index contributed by atoms with van der Waals surface area (Å²) in [5, 5.41) is 3.89. The van der Waals surface area contributed by atoms with Crippen molar-refractivity contribution in [3.63, 3.8) is 0 Å². The monoisotopic (exact) mass is 453 g/mol. The Balaban J connectivity index is 1.52. The molecule has 6 nitrogen and oxygen atoms in total. The number of nitrogens with zero attached hydrogens (tertiary/aromatic N) is 2. The Bertz CT molecular complexity index is 1160. The third kappa shape index (κ3) is 3.71. The van der Waals surface area contributed by atoms with Crippen LogP contribution in [0.25, 0.3) is 11.1 Å². The Hall–Kier alpha value is -2.73. The maximum absolute atomic E-state index is 13.8. The molecule has 3 aromatic rings. The summed E-state index contributed by atoms with van der Waals surface area (Å²) in [4.78, 5) is 29.1. The minimum absolute atomic E-state index is 0.101. The predicted octanol–water partition coefficient (Wildman–Crippen LogP) is 5.14. The van der Waals surface area contributed by atoms with Gasteiger partial charge in [0.1, 0.15) is 11.2 Å². The van der Waals surface area contributed by atoms with Gasteiger partial charge in [0.05, 0.1) is 18.3 Å². The van der Waals surface area contributed by atoms with Crippen molar-refractivity contribution in [3.05, 3.63) is 58.9 Å². The van der Waals surface area contributed by atoms with E-state index in [-0.39, 0.29) is 17.9 Å². The van der Waals surface area contributed by atoms with Gasteiger partial charge in [0.25, 0.3) is 5.91 Å². The van der Waals surface area contributed by atoms with Gasteiger partial charge in [0.2, 0.25) is 5.91 Å². The lowest BCUT2D eigenvalue weighted by Gasteiger charge is -2.44. The van der Waals surface area contributed by atoms with Gasteiger partial charge >= 0.3 is 0 Å². The number of benzene rings is 1. The number of furan rings is 1. The molecule has 2 amide bonds. The third-order valence-electron chi connectivity index (χ3n) is 6.96. The molecule has 0 bridgehead atoms. The number of rotatable bonds is 4. The lowest BCUT2D eigenvalue weighted by Crippen LogP contribution is -2.64. The number of halogens is 1. The van der Waals surface area contributed by atoms with Crippen LogP contribution in [0.1, 0.15) is 61.5 Å².